The predicted molar refractivity (Wildman–Crippen MR) is 78.2 cm³/mol. The quantitative estimate of drug-likeness (QED) is 0.868. The molecule has 6 heteroatoms. The molecule has 0 aliphatic heterocycles. The van der Waals surface area contributed by atoms with Gasteiger partial charge in [-0.25, -0.2) is 14.4 Å². The van der Waals surface area contributed by atoms with E-state index in [-0.39, 0.29) is 11.3 Å². The van der Waals surface area contributed by atoms with Crippen LogP contribution in [0.5, 0.6) is 0 Å². The molecule has 0 spiro atoms. The Kier molecular flexibility index (Phi) is 3.48. The van der Waals surface area contributed by atoms with Gasteiger partial charge in [-0.05, 0) is 38.0 Å². The minimum Gasteiger partial charge on any atom is -0.337 e. The maximum absolute atomic E-state index is 13.9. The highest BCUT2D eigenvalue weighted by atomic mass is 35.5. The fourth-order valence-corrected chi connectivity index (χ4v) is 2.14. The van der Waals surface area contributed by atoms with Crippen LogP contribution in [0.3, 0.4) is 0 Å². The Morgan fingerprint density at radius 1 is 1.38 bits per heavy atom. The summed E-state index contributed by atoms with van der Waals surface area (Å²) in [4.78, 5) is 8.70. The van der Waals surface area contributed by atoms with Gasteiger partial charge in [-0.15, -0.1) is 0 Å². The highest BCUT2D eigenvalue weighted by molar-refractivity contribution is 6.30. The van der Waals surface area contributed by atoms with Gasteiger partial charge in [0, 0.05) is 11.5 Å². The zero-order chi connectivity index (χ0) is 15.0. The Morgan fingerprint density at radius 2 is 2.14 bits per heavy atom. The minimum absolute atomic E-state index is 0.258. The second kappa shape index (κ2) is 5.30. The molecule has 1 N–H and O–H groups in total. The van der Waals surface area contributed by atoms with Gasteiger partial charge in [0.25, 0.3) is 0 Å². The molecule has 0 unspecified atom stereocenters. The molecule has 0 amide bonds. The molecule has 1 aromatic heterocycles. The molecule has 0 radical (unpaired) electrons. The zero-order valence-electron chi connectivity index (χ0n) is 11.3. The van der Waals surface area contributed by atoms with Crippen LogP contribution >= 0.6 is 11.6 Å². The molecular formula is C15H12ClFN4. The van der Waals surface area contributed by atoms with Gasteiger partial charge in [0.15, 0.2) is 0 Å². The van der Waals surface area contributed by atoms with Crippen molar-refractivity contribution in [2.24, 2.45) is 0 Å². The van der Waals surface area contributed by atoms with E-state index in [1.165, 1.54) is 12.1 Å². The number of benzene rings is 1. The van der Waals surface area contributed by atoms with Gasteiger partial charge >= 0.3 is 0 Å². The second-order valence-corrected chi connectivity index (χ2v) is 5.41. The largest absolute Gasteiger partial charge is 0.337 e. The summed E-state index contributed by atoms with van der Waals surface area (Å²) in [6, 6.07) is 6.14. The molecule has 3 rings (SSSR count). The first kappa shape index (κ1) is 13.8. The molecule has 1 heterocycles. The molecule has 4 nitrogen and oxygen atoms in total. The van der Waals surface area contributed by atoms with E-state index >= 15 is 0 Å². The average Bonchev–Trinajstić information content (AvgIpc) is 3.30. The molecule has 1 saturated carbocycles. The van der Waals surface area contributed by atoms with E-state index in [9.17, 15) is 4.39 Å². The molecule has 1 aliphatic carbocycles. The van der Waals surface area contributed by atoms with Crippen LogP contribution in [0.1, 0.15) is 35.7 Å². The van der Waals surface area contributed by atoms with Gasteiger partial charge in [-0.1, -0.05) is 11.6 Å². The van der Waals surface area contributed by atoms with Gasteiger partial charge in [0.2, 0.25) is 0 Å². The average molecular weight is 303 g/mol. The van der Waals surface area contributed by atoms with Crippen molar-refractivity contribution in [3.05, 3.63) is 46.1 Å². The molecule has 2 aromatic rings. The molecule has 1 aromatic carbocycles. The van der Waals surface area contributed by atoms with Crippen LogP contribution in [0, 0.1) is 24.1 Å². The number of anilines is 2. The van der Waals surface area contributed by atoms with Crippen molar-refractivity contribution in [3.8, 4) is 6.07 Å². The van der Waals surface area contributed by atoms with Crippen molar-refractivity contribution in [2.45, 2.75) is 25.7 Å². The number of nitrogens with one attached hydrogen (secondary N) is 1. The van der Waals surface area contributed by atoms with Crippen molar-refractivity contribution in [2.75, 3.05) is 5.32 Å². The van der Waals surface area contributed by atoms with Crippen molar-refractivity contribution >= 4 is 23.1 Å². The lowest BCUT2D eigenvalue weighted by Gasteiger charge is -2.12. The molecule has 1 aliphatic rings. The normalized spacial score (nSPS) is 13.8. The number of hydrogen-bond donors (Lipinski definition) is 1. The van der Waals surface area contributed by atoms with Crippen LogP contribution in [-0.2, 0) is 0 Å². The number of nitriles is 1. The first-order chi connectivity index (χ1) is 10.1. The third kappa shape index (κ3) is 2.81. The first-order valence-electron chi connectivity index (χ1n) is 6.59. The Morgan fingerprint density at radius 3 is 2.76 bits per heavy atom. The summed E-state index contributed by atoms with van der Waals surface area (Å²) in [5.74, 6) is 1.05. The summed E-state index contributed by atoms with van der Waals surface area (Å²) in [6.07, 6.45) is 2.12. The van der Waals surface area contributed by atoms with E-state index in [1.807, 2.05) is 6.07 Å². The van der Waals surface area contributed by atoms with E-state index in [0.29, 0.717) is 28.3 Å². The molecular weight excluding hydrogens is 291 g/mol. The smallest absolute Gasteiger partial charge is 0.147 e. The number of aromatic nitrogens is 2. The Bertz CT molecular complexity index is 750. The van der Waals surface area contributed by atoms with E-state index < -0.39 is 5.82 Å². The maximum atomic E-state index is 13.9. The first-order valence-corrected chi connectivity index (χ1v) is 6.97. The highest BCUT2D eigenvalue weighted by Crippen LogP contribution is 2.39. The van der Waals surface area contributed by atoms with Crippen LogP contribution < -0.4 is 5.32 Å². The van der Waals surface area contributed by atoms with Gasteiger partial charge in [-0.2, -0.15) is 5.26 Å². The Hall–Kier alpha value is -2.19. The maximum Gasteiger partial charge on any atom is 0.147 e. The summed E-state index contributed by atoms with van der Waals surface area (Å²) >= 11 is 6.12. The monoisotopic (exact) mass is 302 g/mol. The van der Waals surface area contributed by atoms with Crippen molar-refractivity contribution in [1.82, 2.24) is 9.97 Å². The fourth-order valence-electron chi connectivity index (χ4n) is 1.96. The van der Waals surface area contributed by atoms with Crippen LogP contribution in [0.25, 0.3) is 0 Å². The lowest BCUT2D eigenvalue weighted by molar-refractivity contribution is 0.631. The number of halogens is 2. The lowest BCUT2D eigenvalue weighted by Crippen LogP contribution is -2.04. The zero-order valence-corrected chi connectivity index (χ0v) is 12.1. The molecule has 0 bridgehead atoms. The lowest BCUT2D eigenvalue weighted by atomic mass is 10.2. The van der Waals surface area contributed by atoms with Gasteiger partial charge < -0.3 is 5.32 Å². The van der Waals surface area contributed by atoms with Crippen molar-refractivity contribution in [3.63, 3.8) is 0 Å². The van der Waals surface area contributed by atoms with E-state index in [0.717, 1.165) is 12.8 Å². The summed E-state index contributed by atoms with van der Waals surface area (Å²) in [7, 11) is 0. The summed E-state index contributed by atoms with van der Waals surface area (Å²) in [5.41, 5.74) is 1.20. The van der Waals surface area contributed by atoms with Gasteiger partial charge in [0.05, 0.1) is 17.3 Å². The van der Waals surface area contributed by atoms with Crippen LogP contribution in [0.15, 0.2) is 18.2 Å². The second-order valence-electron chi connectivity index (χ2n) is 5.05. The standard InChI is InChI=1S/C15H12ClFN4/c1-8-13(16)20-15(10-3-4-10)21-14(8)19-12-5-2-9(7-18)6-11(12)17/h2,5-6,10H,3-4H2,1H3,(H,19,20,21). The minimum atomic E-state index is -0.504. The predicted octanol–water partition coefficient (Wildman–Crippen LogP) is 4.07. The Labute approximate surface area is 126 Å². The summed E-state index contributed by atoms with van der Waals surface area (Å²) < 4.78 is 13.9. The number of nitrogens with zero attached hydrogens (tertiary/aromatic N) is 3. The third-order valence-corrected chi connectivity index (χ3v) is 3.77. The van der Waals surface area contributed by atoms with E-state index in [4.69, 9.17) is 16.9 Å². The molecule has 1 fully saturated rings. The SMILES string of the molecule is Cc1c(Cl)nc(C2CC2)nc1Nc1ccc(C#N)cc1F. The molecule has 0 atom stereocenters. The van der Waals surface area contributed by atoms with E-state index in [2.05, 4.69) is 15.3 Å². The van der Waals surface area contributed by atoms with Crippen molar-refractivity contribution in [1.29, 1.82) is 5.26 Å². The number of hydrogen-bond acceptors (Lipinski definition) is 4. The highest BCUT2D eigenvalue weighted by Gasteiger charge is 2.28. The summed E-state index contributed by atoms with van der Waals surface area (Å²) in [5, 5.41) is 12.1. The molecule has 106 valence electrons. The van der Waals surface area contributed by atoms with Crippen LogP contribution in [0.4, 0.5) is 15.9 Å². The van der Waals surface area contributed by atoms with Crippen molar-refractivity contribution < 1.29 is 4.39 Å². The molecule has 0 saturated heterocycles. The molecule has 21 heavy (non-hydrogen) atoms. The van der Waals surface area contributed by atoms with Crippen LogP contribution in [-0.4, -0.2) is 9.97 Å². The van der Waals surface area contributed by atoms with E-state index in [1.54, 1.807) is 13.0 Å². The topological polar surface area (TPSA) is 61.6 Å². The van der Waals surface area contributed by atoms with Gasteiger partial charge in [-0.3, -0.25) is 0 Å². The fraction of sp³-hybridized carbons (Fsp3) is 0.267. The number of rotatable bonds is 3. The van der Waals surface area contributed by atoms with Crippen LogP contribution in [0.2, 0.25) is 5.15 Å². The third-order valence-electron chi connectivity index (χ3n) is 3.40. The van der Waals surface area contributed by atoms with Gasteiger partial charge in [0.1, 0.15) is 22.6 Å². The Balaban J connectivity index is 1.96. The summed E-state index contributed by atoms with van der Waals surface area (Å²) in [6.45, 7) is 1.78.